The summed E-state index contributed by atoms with van der Waals surface area (Å²) in [6.45, 7) is 10.7. The topological polar surface area (TPSA) is 46.5 Å². The predicted octanol–water partition coefficient (Wildman–Crippen LogP) is 5.31. The fraction of sp³-hybridized carbons (Fsp3) is 0.458. The van der Waals surface area contributed by atoms with Gasteiger partial charge in [-0.15, -0.1) is 0 Å². The quantitative estimate of drug-likeness (QED) is 0.803. The van der Waals surface area contributed by atoms with Gasteiger partial charge in [0.2, 0.25) is 0 Å². The van der Waals surface area contributed by atoms with E-state index in [2.05, 4.69) is 40.7 Å². The molecule has 0 fully saturated rings. The van der Waals surface area contributed by atoms with Crippen molar-refractivity contribution in [2.75, 3.05) is 0 Å². The molecular weight excluding hydrogens is 336 g/mol. The molecule has 0 bridgehead atoms. The maximum Gasteiger partial charge on any atom is 0.252 e. The van der Waals surface area contributed by atoms with Crippen molar-refractivity contribution >= 4 is 5.78 Å². The fourth-order valence-corrected chi connectivity index (χ4v) is 4.51. The normalized spacial score (nSPS) is 26.0. The molecular formula is C24H28O3. The van der Waals surface area contributed by atoms with Crippen LogP contribution in [0.4, 0.5) is 0 Å². The third kappa shape index (κ3) is 2.41. The molecule has 0 spiro atoms. The van der Waals surface area contributed by atoms with Gasteiger partial charge in [0.05, 0.1) is 0 Å². The van der Waals surface area contributed by atoms with Gasteiger partial charge in [0.1, 0.15) is 11.2 Å². The minimum Gasteiger partial charge on any atom is -0.456 e. The SMILES string of the molecule is CC(C)c1ccc2c(c1)OC1(O)c3ccccc3C(=O)C21CCC(C)(C)C. The van der Waals surface area contributed by atoms with E-state index in [1.165, 1.54) is 0 Å². The molecule has 142 valence electrons. The number of benzene rings is 2. The van der Waals surface area contributed by atoms with E-state index in [0.29, 0.717) is 29.2 Å². The summed E-state index contributed by atoms with van der Waals surface area (Å²) < 4.78 is 6.21. The molecule has 2 aromatic carbocycles. The average Bonchev–Trinajstić information content (AvgIpc) is 2.96. The van der Waals surface area contributed by atoms with Gasteiger partial charge in [0.15, 0.2) is 5.78 Å². The molecule has 1 aliphatic heterocycles. The number of Topliss-reactive ketones (excluding diaryl/α,β-unsaturated/α-hetero) is 1. The Labute approximate surface area is 161 Å². The van der Waals surface area contributed by atoms with Crippen molar-refractivity contribution in [3.05, 3.63) is 64.7 Å². The van der Waals surface area contributed by atoms with Gasteiger partial charge >= 0.3 is 0 Å². The van der Waals surface area contributed by atoms with Gasteiger partial charge in [-0.2, -0.15) is 0 Å². The van der Waals surface area contributed by atoms with Crippen molar-refractivity contribution < 1.29 is 14.6 Å². The standard InChI is InChI=1S/C24H28O3/c1-15(2)16-10-11-19-20(14-16)27-24(26)18-9-7-6-8-17(18)21(25)23(19,24)13-12-22(3,4)5/h6-11,14-15,26H,12-13H2,1-5H3. The van der Waals surface area contributed by atoms with Crippen LogP contribution >= 0.6 is 0 Å². The van der Waals surface area contributed by atoms with Crippen molar-refractivity contribution in [3.8, 4) is 5.75 Å². The highest BCUT2D eigenvalue weighted by molar-refractivity contribution is 6.11. The largest absolute Gasteiger partial charge is 0.456 e. The minimum absolute atomic E-state index is 0.0269. The number of rotatable bonds is 3. The summed E-state index contributed by atoms with van der Waals surface area (Å²) in [5.41, 5.74) is 2.10. The molecule has 2 atom stereocenters. The molecule has 0 saturated heterocycles. The Morgan fingerprint density at radius 3 is 2.44 bits per heavy atom. The van der Waals surface area contributed by atoms with Gasteiger partial charge in [-0.05, 0) is 35.8 Å². The van der Waals surface area contributed by atoms with Gasteiger partial charge < -0.3 is 9.84 Å². The summed E-state index contributed by atoms with van der Waals surface area (Å²) in [5, 5.41) is 11.8. The van der Waals surface area contributed by atoms with E-state index < -0.39 is 11.2 Å². The second-order valence-electron chi connectivity index (χ2n) is 9.50. The second kappa shape index (κ2) is 5.68. The summed E-state index contributed by atoms with van der Waals surface area (Å²) in [7, 11) is 0. The van der Waals surface area contributed by atoms with E-state index in [0.717, 1.165) is 17.5 Å². The third-order valence-electron chi connectivity index (χ3n) is 6.14. The highest BCUT2D eigenvalue weighted by atomic mass is 16.6. The summed E-state index contributed by atoms with van der Waals surface area (Å²) >= 11 is 0. The molecule has 2 aliphatic rings. The predicted molar refractivity (Wildman–Crippen MR) is 106 cm³/mol. The molecule has 0 saturated carbocycles. The van der Waals surface area contributed by atoms with Gasteiger partial charge in [0.25, 0.3) is 5.79 Å². The number of hydrogen-bond donors (Lipinski definition) is 1. The van der Waals surface area contributed by atoms with Crippen LogP contribution in [0, 0.1) is 5.41 Å². The van der Waals surface area contributed by atoms with Crippen molar-refractivity contribution in [2.24, 2.45) is 5.41 Å². The lowest BCUT2D eigenvalue weighted by Gasteiger charge is -2.35. The van der Waals surface area contributed by atoms with Gasteiger partial charge in [-0.1, -0.05) is 71.0 Å². The first-order valence-corrected chi connectivity index (χ1v) is 9.80. The average molecular weight is 364 g/mol. The molecule has 3 heteroatoms. The Hall–Kier alpha value is -2.13. The first-order valence-electron chi connectivity index (χ1n) is 9.80. The van der Waals surface area contributed by atoms with Crippen LogP contribution in [0.15, 0.2) is 42.5 Å². The number of ether oxygens (including phenoxy) is 1. The Morgan fingerprint density at radius 2 is 1.78 bits per heavy atom. The van der Waals surface area contributed by atoms with E-state index >= 15 is 0 Å². The number of fused-ring (bicyclic) bond motifs is 5. The van der Waals surface area contributed by atoms with Crippen LogP contribution in [0.2, 0.25) is 0 Å². The van der Waals surface area contributed by atoms with Crippen LogP contribution in [0.1, 0.15) is 80.4 Å². The van der Waals surface area contributed by atoms with Crippen molar-refractivity contribution in [1.29, 1.82) is 0 Å². The molecule has 0 radical (unpaired) electrons. The number of ketones is 1. The Morgan fingerprint density at radius 1 is 1.07 bits per heavy atom. The van der Waals surface area contributed by atoms with Crippen LogP contribution in [-0.2, 0) is 11.2 Å². The summed E-state index contributed by atoms with van der Waals surface area (Å²) in [6, 6.07) is 13.4. The fourth-order valence-electron chi connectivity index (χ4n) is 4.51. The van der Waals surface area contributed by atoms with Crippen LogP contribution in [0.5, 0.6) is 5.75 Å². The van der Waals surface area contributed by atoms with Crippen LogP contribution in [0.25, 0.3) is 0 Å². The van der Waals surface area contributed by atoms with Crippen molar-refractivity contribution in [3.63, 3.8) is 0 Å². The molecule has 27 heavy (non-hydrogen) atoms. The van der Waals surface area contributed by atoms with Crippen LogP contribution in [-0.4, -0.2) is 10.9 Å². The molecule has 1 heterocycles. The summed E-state index contributed by atoms with van der Waals surface area (Å²) in [6.07, 6.45) is 1.36. The molecule has 4 rings (SSSR count). The van der Waals surface area contributed by atoms with Gasteiger partial charge in [-0.25, -0.2) is 0 Å². The third-order valence-corrected chi connectivity index (χ3v) is 6.14. The number of aliphatic hydroxyl groups is 1. The van der Waals surface area contributed by atoms with E-state index in [1.54, 1.807) is 6.07 Å². The first-order chi connectivity index (χ1) is 12.6. The number of hydrogen-bond acceptors (Lipinski definition) is 3. The lowest BCUT2D eigenvalue weighted by atomic mass is 9.68. The zero-order chi connectivity index (χ0) is 19.6. The minimum atomic E-state index is -1.64. The maximum absolute atomic E-state index is 13.7. The van der Waals surface area contributed by atoms with Crippen molar-refractivity contribution in [2.45, 2.75) is 64.6 Å². The van der Waals surface area contributed by atoms with E-state index in [9.17, 15) is 9.90 Å². The van der Waals surface area contributed by atoms with E-state index in [4.69, 9.17) is 4.74 Å². The molecule has 2 aromatic rings. The first kappa shape index (κ1) is 18.2. The number of carbonyl (C=O) groups excluding carboxylic acids is 1. The monoisotopic (exact) mass is 364 g/mol. The molecule has 0 aromatic heterocycles. The van der Waals surface area contributed by atoms with E-state index in [1.807, 2.05) is 30.3 Å². The Balaban J connectivity index is 1.93. The summed E-state index contributed by atoms with van der Waals surface area (Å²) in [5.74, 6) is -0.673. The van der Waals surface area contributed by atoms with Crippen LogP contribution < -0.4 is 4.74 Å². The zero-order valence-corrected chi connectivity index (χ0v) is 16.8. The van der Waals surface area contributed by atoms with Gasteiger partial charge in [-0.3, -0.25) is 4.79 Å². The summed E-state index contributed by atoms with van der Waals surface area (Å²) in [4.78, 5) is 13.7. The smallest absolute Gasteiger partial charge is 0.252 e. The Kier molecular flexibility index (Phi) is 3.84. The maximum atomic E-state index is 13.7. The van der Waals surface area contributed by atoms with Crippen LogP contribution in [0.3, 0.4) is 0 Å². The highest BCUT2D eigenvalue weighted by Crippen LogP contribution is 2.62. The van der Waals surface area contributed by atoms with Gasteiger partial charge in [0, 0.05) is 16.7 Å². The number of carbonyl (C=O) groups is 1. The molecule has 3 nitrogen and oxygen atoms in total. The van der Waals surface area contributed by atoms with E-state index in [-0.39, 0.29) is 11.2 Å². The molecule has 2 unspecified atom stereocenters. The molecule has 0 amide bonds. The lowest BCUT2D eigenvalue weighted by molar-refractivity contribution is -0.166. The Bertz CT molecular complexity index is 921. The van der Waals surface area contributed by atoms with Crippen molar-refractivity contribution in [1.82, 2.24) is 0 Å². The molecule has 1 N–H and O–H groups in total. The molecule has 1 aliphatic carbocycles. The lowest BCUT2D eigenvalue weighted by Crippen LogP contribution is -2.49. The second-order valence-corrected chi connectivity index (χ2v) is 9.50. The zero-order valence-electron chi connectivity index (χ0n) is 16.8. The highest BCUT2D eigenvalue weighted by Gasteiger charge is 2.70.